The zero-order chi connectivity index (χ0) is 18.3. The largest absolute Gasteiger partial charge is 0.294 e. The number of aromatic nitrogens is 1. The molecule has 1 atom stereocenters. The van der Waals surface area contributed by atoms with Crippen LogP contribution in [0.1, 0.15) is 42.7 Å². The molecule has 26 heavy (non-hydrogen) atoms. The van der Waals surface area contributed by atoms with Crippen molar-refractivity contribution >= 4 is 33.4 Å². The fourth-order valence-corrected chi connectivity index (χ4v) is 4.24. The molecule has 0 bridgehead atoms. The first kappa shape index (κ1) is 17.2. The van der Waals surface area contributed by atoms with Crippen LogP contribution in [0, 0.1) is 6.92 Å². The highest BCUT2D eigenvalue weighted by atomic mass is 79.9. The SMILES string of the molecule is Cc1ccccc1C1CC(=O)N(c2ccc(Br)cn2)C2=C1C(=O)CCC2. The summed E-state index contributed by atoms with van der Waals surface area (Å²) in [5.41, 5.74) is 3.83. The molecule has 0 fully saturated rings. The second-order valence-electron chi connectivity index (χ2n) is 6.81. The fraction of sp³-hybridized carbons (Fsp3) is 0.286. The number of allylic oxidation sites excluding steroid dienone is 2. The molecule has 2 aromatic rings. The van der Waals surface area contributed by atoms with Crippen molar-refractivity contribution in [1.29, 1.82) is 0 Å². The number of nitrogens with zero attached hydrogens (tertiary/aromatic N) is 2. The average molecular weight is 411 g/mol. The zero-order valence-corrected chi connectivity index (χ0v) is 16.1. The Morgan fingerprint density at radius 1 is 1.12 bits per heavy atom. The summed E-state index contributed by atoms with van der Waals surface area (Å²) in [6.45, 7) is 2.04. The third-order valence-corrected chi connectivity index (χ3v) is 5.65. The minimum atomic E-state index is -0.154. The van der Waals surface area contributed by atoms with Crippen molar-refractivity contribution in [2.45, 2.75) is 38.5 Å². The first-order chi connectivity index (χ1) is 12.6. The number of anilines is 1. The molecule has 5 heteroatoms. The van der Waals surface area contributed by atoms with Crippen LogP contribution < -0.4 is 4.90 Å². The summed E-state index contributed by atoms with van der Waals surface area (Å²) in [7, 11) is 0. The maximum Gasteiger partial charge on any atom is 0.233 e. The number of benzene rings is 1. The molecule has 1 aromatic carbocycles. The van der Waals surface area contributed by atoms with Crippen molar-refractivity contribution in [3.05, 3.63) is 69.5 Å². The summed E-state index contributed by atoms with van der Waals surface area (Å²) in [5.74, 6) is 0.595. The van der Waals surface area contributed by atoms with Crippen molar-refractivity contribution < 1.29 is 9.59 Å². The van der Waals surface area contributed by atoms with Gasteiger partial charge in [-0.05, 0) is 59.0 Å². The van der Waals surface area contributed by atoms with Crippen LogP contribution in [0.15, 0.2) is 58.3 Å². The Morgan fingerprint density at radius 3 is 2.65 bits per heavy atom. The molecule has 1 aliphatic carbocycles. The van der Waals surface area contributed by atoms with Gasteiger partial charge in [0.25, 0.3) is 0 Å². The molecule has 2 aliphatic rings. The normalized spacial score (nSPS) is 20.4. The van der Waals surface area contributed by atoms with E-state index in [9.17, 15) is 9.59 Å². The van der Waals surface area contributed by atoms with E-state index in [-0.39, 0.29) is 17.6 Å². The van der Waals surface area contributed by atoms with Gasteiger partial charge < -0.3 is 0 Å². The smallest absolute Gasteiger partial charge is 0.233 e. The van der Waals surface area contributed by atoms with Gasteiger partial charge in [-0.3, -0.25) is 14.5 Å². The lowest BCUT2D eigenvalue weighted by Gasteiger charge is -2.38. The van der Waals surface area contributed by atoms with Crippen LogP contribution in [0.2, 0.25) is 0 Å². The molecule has 0 N–H and O–H groups in total. The highest BCUT2D eigenvalue weighted by Crippen LogP contribution is 2.43. The summed E-state index contributed by atoms with van der Waals surface area (Å²) in [6, 6.07) is 11.7. The number of halogens is 1. The minimum absolute atomic E-state index is 0.00141. The van der Waals surface area contributed by atoms with Gasteiger partial charge in [-0.25, -0.2) is 4.98 Å². The number of aryl methyl sites for hydroxylation is 1. The first-order valence-corrected chi connectivity index (χ1v) is 9.62. The van der Waals surface area contributed by atoms with E-state index in [1.807, 2.05) is 43.3 Å². The van der Waals surface area contributed by atoms with Crippen LogP contribution >= 0.6 is 15.9 Å². The van der Waals surface area contributed by atoms with Gasteiger partial charge in [-0.15, -0.1) is 0 Å². The molecule has 4 nitrogen and oxygen atoms in total. The van der Waals surface area contributed by atoms with E-state index in [0.29, 0.717) is 18.7 Å². The topological polar surface area (TPSA) is 50.3 Å². The van der Waals surface area contributed by atoms with Gasteiger partial charge in [0.1, 0.15) is 5.82 Å². The van der Waals surface area contributed by atoms with Crippen molar-refractivity contribution in [2.24, 2.45) is 0 Å². The predicted octanol–water partition coefficient (Wildman–Crippen LogP) is 4.68. The number of hydrogen-bond acceptors (Lipinski definition) is 3. The number of Topliss-reactive ketones (excluding diaryl/α,β-unsaturated/α-hetero) is 1. The molecule has 2 heterocycles. The maximum atomic E-state index is 13.1. The number of hydrogen-bond donors (Lipinski definition) is 0. The summed E-state index contributed by atoms with van der Waals surface area (Å²) >= 11 is 3.38. The number of carbonyl (C=O) groups excluding carboxylic acids is 2. The first-order valence-electron chi connectivity index (χ1n) is 8.82. The quantitative estimate of drug-likeness (QED) is 0.721. The molecule has 132 valence electrons. The second-order valence-corrected chi connectivity index (χ2v) is 7.73. The predicted molar refractivity (Wildman–Crippen MR) is 104 cm³/mol. The van der Waals surface area contributed by atoms with E-state index in [0.717, 1.165) is 39.7 Å². The Morgan fingerprint density at radius 2 is 1.92 bits per heavy atom. The zero-order valence-electron chi connectivity index (χ0n) is 14.5. The van der Waals surface area contributed by atoms with E-state index >= 15 is 0 Å². The fourth-order valence-electron chi connectivity index (χ4n) is 4.00. The Hall–Kier alpha value is -2.27. The molecular weight excluding hydrogens is 392 g/mol. The van der Waals surface area contributed by atoms with Crippen LogP contribution in [0.5, 0.6) is 0 Å². The van der Waals surface area contributed by atoms with Gasteiger partial charge >= 0.3 is 0 Å². The van der Waals surface area contributed by atoms with Crippen molar-refractivity contribution in [3.63, 3.8) is 0 Å². The molecular formula is C21H19BrN2O2. The van der Waals surface area contributed by atoms with E-state index in [2.05, 4.69) is 20.9 Å². The van der Waals surface area contributed by atoms with Crippen molar-refractivity contribution in [2.75, 3.05) is 4.90 Å². The highest BCUT2D eigenvalue weighted by Gasteiger charge is 2.40. The van der Waals surface area contributed by atoms with Crippen LogP contribution in [0.25, 0.3) is 0 Å². The summed E-state index contributed by atoms with van der Waals surface area (Å²) < 4.78 is 0.859. The third-order valence-electron chi connectivity index (χ3n) is 5.18. The lowest BCUT2D eigenvalue weighted by atomic mass is 9.76. The van der Waals surface area contributed by atoms with Crippen molar-refractivity contribution in [1.82, 2.24) is 4.98 Å². The van der Waals surface area contributed by atoms with Gasteiger partial charge in [0.2, 0.25) is 5.91 Å². The molecule has 0 spiro atoms. The van der Waals surface area contributed by atoms with Crippen LogP contribution in [-0.4, -0.2) is 16.7 Å². The maximum absolute atomic E-state index is 13.1. The molecule has 1 aromatic heterocycles. The third kappa shape index (κ3) is 2.90. The van der Waals surface area contributed by atoms with E-state index < -0.39 is 0 Å². The number of carbonyl (C=O) groups is 2. The number of rotatable bonds is 2. The Balaban J connectivity index is 1.87. The molecule has 1 aliphatic heterocycles. The van der Waals surface area contributed by atoms with Crippen LogP contribution in [-0.2, 0) is 9.59 Å². The van der Waals surface area contributed by atoms with Crippen LogP contribution in [0.4, 0.5) is 5.82 Å². The molecule has 0 saturated carbocycles. The summed E-state index contributed by atoms with van der Waals surface area (Å²) in [6.07, 6.45) is 4.04. The number of pyridine rings is 1. The van der Waals surface area contributed by atoms with E-state index in [1.165, 1.54) is 0 Å². The summed E-state index contributed by atoms with van der Waals surface area (Å²) in [5, 5.41) is 0. The molecule has 1 amide bonds. The molecule has 1 unspecified atom stereocenters. The monoisotopic (exact) mass is 410 g/mol. The lowest BCUT2D eigenvalue weighted by molar-refractivity contribution is -0.120. The average Bonchev–Trinajstić information content (AvgIpc) is 2.63. The van der Waals surface area contributed by atoms with E-state index in [1.54, 1.807) is 11.1 Å². The lowest BCUT2D eigenvalue weighted by Crippen LogP contribution is -2.41. The second kappa shape index (κ2) is 6.80. The highest BCUT2D eigenvalue weighted by molar-refractivity contribution is 9.10. The number of amides is 1. The Kier molecular flexibility index (Phi) is 4.49. The van der Waals surface area contributed by atoms with Gasteiger partial charge in [-0.2, -0.15) is 0 Å². The Labute approximate surface area is 161 Å². The summed E-state index contributed by atoms with van der Waals surface area (Å²) in [4.78, 5) is 32.0. The Bertz CT molecular complexity index is 918. The number of ketones is 1. The molecule has 0 saturated heterocycles. The van der Waals surface area contributed by atoms with Crippen molar-refractivity contribution in [3.8, 4) is 0 Å². The van der Waals surface area contributed by atoms with Gasteiger partial charge in [0.05, 0.1) is 0 Å². The van der Waals surface area contributed by atoms with Crippen LogP contribution in [0.3, 0.4) is 0 Å². The standard InChI is InChI=1S/C21H19BrN2O2/c1-13-5-2-3-6-15(13)16-11-20(26)24(19-10-9-14(22)12-23-19)17-7-4-8-18(25)21(16)17/h2-3,5-6,9-10,12,16H,4,7-8,11H2,1H3. The van der Waals surface area contributed by atoms with Gasteiger partial charge in [-0.1, -0.05) is 24.3 Å². The minimum Gasteiger partial charge on any atom is -0.294 e. The van der Waals surface area contributed by atoms with Gasteiger partial charge in [0, 0.05) is 40.7 Å². The molecule has 0 radical (unpaired) electrons. The van der Waals surface area contributed by atoms with E-state index in [4.69, 9.17) is 0 Å². The van der Waals surface area contributed by atoms with Gasteiger partial charge in [0.15, 0.2) is 5.78 Å². The molecule has 4 rings (SSSR count).